The second-order valence-corrected chi connectivity index (χ2v) is 6.31. The number of imide groups is 1. The van der Waals surface area contributed by atoms with Gasteiger partial charge >= 0.3 is 5.97 Å². The van der Waals surface area contributed by atoms with E-state index < -0.39 is 17.8 Å². The predicted molar refractivity (Wildman–Crippen MR) is 94.4 cm³/mol. The van der Waals surface area contributed by atoms with Crippen LogP contribution in [0, 0.1) is 0 Å². The Labute approximate surface area is 149 Å². The van der Waals surface area contributed by atoms with Crippen molar-refractivity contribution in [1.82, 2.24) is 10.0 Å². The molecule has 130 valence electrons. The van der Waals surface area contributed by atoms with Gasteiger partial charge in [-0.3, -0.25) is 9.59 Å². The summed E-state index contributed by atoms with van der Waals surface area (Å²) < 4.78 is 0. The van der Waals surface area contributed by atoms with Crippen molar-refractivity contribution in [3.05, 3.63) is 71.4 Å². The van der Waals surface area contributed by atoms with E-state index in [4.69, 9.17) is 4.84 Å². The summed E-state index contributed by atoms with van der Waals surface area (Å²) in [4.78, 5) is 45.1. The molecule has 0 fully saturated rings. The number of carbonyl (C=O) groups excluding carboxylic acids is 3. The molecule has 0 aliphatic carbocycles. The van der Waals surface area contributed by atoms with E-state index in [0.29, 0.717) is 5.06 Å². The number of aromatic amines is 1. The summed E-state index contributed by atoms with van der Waals surface area (Å²) >= 11 is 0. The van der Waals surface area contributed by atoms with Crippen molar-refractivity contribution >= 4 is 28.7 Å². The minimum Gasteiger partial charge on any atom is -0.361 e. The second kappa shape index (κ2) is 6.15. The summed E-state index contributed by atoms with van der Waals surface area (Å²) in [6, 6.07) is 14.2. The first kappa shape index (κ1) is 16.1. The summed E-state index contributed by atoms with van der Waals surface area (Å²) in [5.74, 6) is -1.98. The zero-order valence-corrected chi connectivity index (χ0v) is 14.1. The Kier molecular flexibility index (Phi) is 3.80. The van der Waals surface area contributed by atoms with E-state index in [1.165, 1.54) is 12.1 Å². The molecule has 1 unspecified atom stereocenters. The Balaban J connectivity index is 1.48. The number of carbonyl (C=O) groups is 3. The Morgan fingerprint density at radius 3 is 2.35 bits per heavy atom. The number of hydroxylamine groups is 2. The average molecular weight is 348 g/mol. The first-order chi connectivity index (χ1) is 12.6. The lowest BCUT2D eigenvalue weighted by Gasteiger charge is -2.15. The Bertz CT molecular complexity index is 1000. The van der Waals surface area contributed by atoms with Crippen LogP contribution in [0.2, 0.25) is 0 Å². The number of H-pyrrole nitrogens is 1. The van der Waals surface area contributed by atoms with Gasteiger partial charge in [0.15, 0.2) is 0 Å². The third-order valence-electron chi connectivity index (χ3n) is 4.57. The van der Waals surface area contributed by atoms with Gasteiger partial charge in [0, 0.05) is 17.1 Å². The third-order valence-corrected chi connectivity index (χ3v) is 4.57. The molecule has 0 radical (unpaired) electrons. The van der Waals surface area contributed by atoms with Gasteiger partial charge in [-0.2, -0.15) is 0 Å². The van der Waals surface area contributed by atoms with E-state index in [1.807, 2.05) is 37.4 Å². The molecule has 0 bridgehead atoms. The van der Waals surface area contributed by atoms with E-state index in [-0.39, 0.29) is 23.5 Å². The van der Waals surface area contributed by atoms with E-state index in [1.54, 1.807) is 12.1 Å². The van der Waals surface area contributed by atoms with Crippen LogP contribution in [-0.4, -0.2) is 27.8 Å². The highest BCUT2D eigenvalue weighted by molar-refractivity contribution is 6.20. The Morgan fingerprint density at radius 1 is 1.04 bits per heavy atom. The minimum atomic E-state index is -0.628. The summed E-state index contributed by atoms with van der Waals surface area (Å²) in [5.41, 5.74) is 2.47. The molecular formula is C20H16N2O4. The molecule has 1 atom stereocenters. The van der Waals surface area contributed by atoms with Crippen LogP contribution >= 0.6 is 0 Å². The van der Waals surface area contributed by atoms with Crippen LogP contribution in [0.3, 0.4) is 0 Å². The number of rotatable bonds is 4. The number of hydrogen-bond donors (Lipinski definition) is 1. The Hall–Kier alpha value is -3.41. The summed E-state index contributed by atoms with van der Waals surface area (Å²) in [7, 11) is 0. The first-order valence-corrected chi connectivity index (χ1v) is 8.31. The van der Waals surface area contributed by atoms with Gasteiger partial charge in [-0.1, -0.05) is 42.3 Å². The number of nitrogens with one attached hydrogen (secondary N) is 1. The van der Waals surface area contributed by atoms with Crippen molar-refractivity contribution in [3.8, 4) is 0 Å². The van der Waals surface area contributed by atoms with Crippen molar-refractivity contribution in [3.63, 3.8) is 0 Å². The van der Waals surface area contributed by atoms with Crippen LogP contribution in [0.15, 0.2) is 54.7 Å². The topological polar surface area (TPSA) is 79.5 Å². The smallest absolute Gasteiger partial charge is 0.333 e. The molecule has 2 aromatic carbocycles. The predicted octanol–water partition coefficient (Wildman–Crippen LogP) is 3.42. The monoisotopic (exact) mass is 348 g/mol. The van der Waals surface area contributed by atoms with Gasteiger partial charge in [-0.15, -0.1) is 0 Å². The lowest BCUT2D eigenvalue weighted by molar-refractivity contribution is -0.168. The molecule has 1 aromatic heterocycles. The normalized spacial score (nSPS) is 14.6. The van der Waals surface area contributed by atoms with E-state index >= 15 is 0 Å². The van der Waals surface area contributed by atoms with E-state index in [0.717, 1.165) is 16.5 Å². The molecule has 1 aliphatic heterocycles. The lowest BCUT2D eigenvalue weighted by Crippen LogP contribution is -2.33. The summed E-state index contributed by atoms with van der Waals surface area (Å²) in [6.07, 6.45) is 1.92. The standard InChI is InChI=1S/C20H16N2O4/c1-12(16-11-21-17-9-5-4-6-13(16)17)10-18(23)26-22-19(24)14-7-2-3-8-15(14)20(22)25/h2-9,11-12,21H,10H2,1H3. The zero-order chi connectivity index (χ0) is 18.3. The highest BCUT2D eigenvalue weighted by Crippen LogP contribution is 2.29. The molecule has 1 aliphatic rings. The van der Waals surface area contributed by atoms with Gasteiger partial charge in [0.1, 0.15) is 0 Å². The maximum Gasteiger partial charge on any atom is 0.333 e. The molecule has 2 amide bonds. The van der Waals surface area contributed by atoms with Gasteiger partial charge in [-0.05, 0) is 29.7 Å². The van der Waals surface area contributed by atoms with Crippen molar-refractivity contribution in [2.45, 2.75) is 19.3 Å². The molecule has 1 N–H and O–H groups in total. The zero-order valence-electron chi connectivity index (χ0n) is 14.1. The molecule has 3 aromatic rings. The van der Waals surface area contributed by atoms with E-state index in [2.05, 4.69) is 4.98 Å². The molecule has 0 spiro atoms. The van der Waals surface area contributed by atoms with Crippen LogP contribution in [0.25, 0.3) is 10.9 Å². The van der Waals surface area contributed by atoms with Crippen LogP contribution in [0.5, 0.6) is 0 Å². The largest absolute Gasteiger partial charge is 0.361 e. The highest BCUT2D eigenvalue weighted by atomic mass is 16.7. The molecule has 6 heteroatoms. The maximum atomic E-state index is 12.3. The van der Waals surface area contributed by atoms with Gasteiger partial charge in [0.25, 0.3) is 11.8 Å². The van der Waals surface area contributed by atoms with Gasteiger partial charge in [-0.25, -0.2) is 4.79 Å². The fourth-order valence-electron chi connectivity index (χ4n) is 3.25. The van der Waals surface area contributed by atoms with Crippen molar-refractivity contribution in [2.75, 3.05) is 0 Å². The summed E-state index contributed by atoms with van der Waals surface area (Å²) in [5, 5.41) is 1.59. The number of nitrogens with zero attached hydrogens (tertiary/aromatic N) is 1. The minimum absolute atomic E-state index is 0.0508. The third kappa shape index (κ3) is 2.56. The molecule has 0 saturated heterocycles. The van der Waals surface area contributed by atoms with Crippen molar-refractivity contribution < 1.29 is 19.2 Å². The fourth-order valence-corrected chi connectivity index (χ4v) is 3.25. The fraction of sp³-hybridized carbons (Fsp3) is 0.150. The van der Waals surface area contributed by atoms with E-state index in [9.17, 15) is 14.4 Å². The van der Waals surface area contributed by atoms with Gasteiger partial charge in [0.2, 0.25) is 0 Å². The Morgan fingerprint density at radius 2 is 1.65 bits per heavy atom. The molecule has 0 saturated carbocycles. The molecule has 2 heterocycles. The van der Waals surface area contributed by atoms with Crippen molar-refractivity contribution in [2.24, 2.45) is 0 Å². The number of fused-ring (bicyclic) bond motifs is 2. The average Bonchev–Trinajstić information content (AvgIpc) is 3.18. The summed E-state index contributed by atoms with van der Waals surface area (Å²) in [6.45, 7) is 1.90. The number of amides is 2. The number of aromatic nitrogens is 1. The lowest BCUT2D eigenvalue weighted by atomic mass is 9.97. The number of benzene rings is 2. The molecule has 26 heavy (non-hydrogen) atoms. The molecule has 6 nitrogen and oxygen atoms in total. The second-order valence-electron chi connectivity index (χ2n) is 6.31. The van der Waals surface area contributed by atoms with Gasteiger partial charge in [0.05, 0.1) is 17.5 Å². The SMILES string of the molecule is CC(CC(=O)ON1C(=O)c2ccccc2C1=O)c1c[nH]c2ccccc12. The van der Waals surface area contributed by atoms with Crippen LogP contribution < -0.4 is 0 Å². The molecular weight excluding hydrogens is 332 g/mol. The van der Waals surface area contributed by atoms with Crippen LogP contribution in [0.4, 0.5) is 0 Å². The highest BCUT2D eigenvalue weighted by Gasteiger charge is 2.38. The van der Waals surface area contributed by atoms with Gasteiger partial charge < -0.3 is 9.82 Å². The number of para-hydroxylation sites is 1. The van der Waals surface area contributed by atoms with Crippen molar-refractivity contribution in [1.29, 1.82) is 0 Å². The molecule has 4 rings (SSSR count). The number of hydrogen-bond acceptors (Lipinski definition) is 4. The van der Waals surface area contributed by atoms with Crippen LogP contribution in [-0.2, 0) is 9.63 Å². The van der Waals surface area contributed by atoms with Crippen LogP contribution in [0.1, 0.15) is 45.5 Å². The first-order valence-electron chi connectivity index (χ1n) is 8.31. The quantitative estimate of drug-likeness (QED) is 0.733. The maximum absolute atomic E-state index is 12.3.